The zero-order valence-corrected chi connectivity index (χ0v) is 18.8. The number of aromatic hydroxyl groups is 1. The van der Waals surface area contributed by atoms with E-state index in [1.807, 2.05) is 20.8 Å². The standard InChI is InChI=1S/C19H20N4O7S2/c1-19(2,3)17-16(21-20-12-4-8-14(9-5-12)31(25,26)27)18(24)23(22-17)13-6-10-15(11-7-13)32(28,29)30/h4-11,24H,1-3H3,(H,25,26,27)(H,28,29,30)/b21-20+. The first-order chi connectivity index (χ1) is 14.7. The highest BCUT2D eigenvalue weighted by Gasteiger charge is 2.28. The average Bonchev–Trinajstić information content (AvgIpc) is 3.02. The van der Waals surface area contributed by atoms with E-state index in [4.69, 9.17) is 9.11 Å². The van der Waals surface area contributed by atoms with Gasteiger partial charge in [0.15, 0.2) is 5.69 Å². The van der Waals surface area contributed by atoms with Gasteiger partial charge in [-0.05, 0) is 48.5 Å². The summed E-state index contributed by atoms with van der Waals surface area (Å²) < 4.78 is 64.1. The summed E-state index contributed by atoms with van der Waals surface area (Å²) >= 11 is 0. The second-order valence-corrected chi connectivity index (χ2v) is 10.7. The van der Waals surface area contributed by atoms with Gasteiger partial charge in [-0.15, -0.1) is 5.11 Å². The van der Waals surface area contributed by atoms with Gasteiger partial charge >= 0.3 is 0 Å². The van der Waals surface area contributed by atoms with Gasteiger partial charge < -0.3 is 5.11 Å². The number of hydrogen-bond donors (Lipinski definition) is 3. The Labute approximate surface area is 184 Å². The molecule has 13 heteroatoms. The van der Waals surface area contributed by atoms with Crippen molar-refractivity contribution in [2.24, 2.45) is 10.2 Å². The summed E-state index contributed by atoms with van der Waals surface area (Å²) in [6.45, 7) is 5.54. The van der Waals surface area contributed by atoms with E-state index in [9.17, 15) is 21.9 Å². The topological polar surface area (TPSA) is 172 Å². The molecule has 3 rings (SSSR count). The first-order valence-electron chi connectivity index (χ1n) is 9.07. The Balaban J connectivity index is 2.04. The second kappa shape index (κ2) is 8.09. The van der Waals surface area contributed by atoms with Gasteiger partial charge in [0.25, 0.3) is 20.2 Å². The summed E-state index contributed by atoms with van der Waals surface area (Å²) in [5.41, 5.74) is 0.490. The highest BCUT2D eigenvalue weighted by molar-refractivity contribution is 7.86. The van der Waals surface area contributed by atoms with Crippen molar-refractivity contribution in [1.29, 1.82) is 0 Å². The van der Waals surface area contributed by atoms with Crippen LogP contribution in [0.3, 0.4) is 0 Å². The lowest BCUT2D eigenvalue weighted by Crippen LogP contribution is -2.13. The normalized spacial score (nSPS) is 13.0. The van der Waals surface area contributed by atoms with Crippen molar-refractivity contribution in [2.75, 3.05) is 0 Å². The van der Waals surface area contributed by atoms with Crippen LogP contribution in [0.5, 0.6) is 5.88 Å². The van der Waals surface area contributed by atoms with Gasteiger partial charge in [-0.25, -0.2) is 0 Å². The molecule has 0 aliphatic carbocycles. The Morgan fingerprint density at radius 3 is 1.72 bits per heavy atom. The third kappa shape index (κ3) is 5.02. The number of azo groups is 1. The first-order valence-corrected chi connectivity index (χ1v) is 12.0. The van der Waals surface area contributed by atoms with Crippen molar-refractivity contribution in [2.45, 2.75) is 36.0 Å². The fourth-order valence-electron chi connectivity index (χ4n) is 2.73. The van der Waals surface area contributed by atoms with E-state index in [0.29, 0.717) is 11.4 Å². The minimum absolute atomic E-state index is 0.0650. The van der Waals surface area contributed by atoms with Crippen molar-refractivity contribution >= 4 is 31.6 Å². The number of hydrogen-bond acceptors (Lipinski definition) is 8. The van der Waals surface area contributed by atoms with Crippen LogP contribution >= 0.6 is 0 Å². The average molecular weight is 481 g/mol. The maximum Gasteiger partial charge on any atom is 0.294 e. The van der Waals surface area contributed by atoms with Crippen molar-refractivity contribution in [3.63, 3.8) is 0 Å². The molecule has 2 aromatic carbocycles. The lowest BCUT2D eigenvalue weighted by atomic mass is 9.91. The molecule has 1 heterocycles. The Morgan fingerprint density at radius 1 is 0.812 bits per heavy atom. The molecule has 0 aliphatic heterocycles. The Kier molecular flexibility index (Phi) is 5.95. The molecule has 0 unspecified atom stereocenters. The molecule has 0 spiro atoms. The van der Waals surface area contributed by atoms with Crippen LogP contribution < -0.4 is 0 Å². The summed E-state index contributed by atoms with van der Waals surface area (Å²) in [7, 11) is -8.71. The molecule has 0 atom stereocenters. The Hall–Kier alpha value is -3.13. The van der Waals surface area contributed by atoms with Crippen LogP contribution in [0.4, 0.5) is 11.4 Å². The van der Waals surface area contributed by atoms with Gasteiger partial charge in [0.05, 0.1) is 26.9 Å². The zero-order valence-electron chi connectivity index (χ0n) is 17.2. The van der Waals surface area contributed by atoms with Crippen LogP contribution in [0.1, 0.15) is 26.5 Å². The SMILES string of the molecule is CC(C)(C)c1nn(-c2ccc(S(=O)(=O)O)cc2)c(O)c1/N=N/c1ccc(S(=O)(=O)O)cc1. The van der Waals surface area contributed by atoms with Gasteiger partial charge in [-0.1, -0.05) is 20.8 Å². The van der Waals surface area contributed by atoms with Crippen LogP contribution in [0.25, 0.3) is 5.69 Å². The fraction of sp³-hybridized carbons (Fsp3) is 0.211. The Morgan fingerprint density at radius 2 is 1.28 bits per heavy atom. The smallest absolute Gasteiger partial charge is 0.294 e. The van der Waals surface area contributed by atoms with Crippen LogP contribution in [0.2, 0.25) is 0 Å². The largest absolute Gasteiger partial charge is 0.492 e. The molecule has 0 saturated carbocycles. The predicted molar refractivity (Wildman–Crippen MR) is 114 cm³/mol. The molecule has 3 aromatic rings. The van der Waals surface area contributed by atoms with Gasteiger partial charge in [0.1, 0.15) is 0 Å². The summed E-state index contributed by atoms with van der Waals surface area (Å²) in [5.74, 6) is -0.354. The van der Waals surface area contributed by atoms with Gasteiger partial charge in [0.2, 0.25) is 5.88 Å². The summed E-state index contributed by atoms with van der Waals surface area (Å²) in [4.78, 5) is -0.604. The van der Waals surface area contributed by atoms with Crippen molar-refractivity contribution in [3.05, 3.63) is 54.2 Å². The van der Waals surface area contributed by atoms with Crippen LogP contribution in [0.15, 0.2) is 68.6 Å². The number of rotatable bonds is 5. The fourth-order valence-corrected chi connectivity index (χ4v) is 3.69. The summed E-state index contributed by atoms with van der Waals surface area (Å²) in [6.07, 6.45) is 0. The minimum Gasteiger partial charge on any atom is -0.492 e. The zero-order chi connectivity index (χ0) is 23.9. The van der Waals surface area contributed by atoms with Gasteiger partial charge in [-0.3, -0.25) is 9.11 Å². The molecule has 0 amide bonds. The number of aromatic nitrogens is 2. The van der Waals surface area contributed by atoms with Crippen molar-refractivity contribution in [3.8, 4) is 11.6 Å². The molecule has 0 bridgehead atoms. The van der Waals surface area contributed by atoms with E-state index in [-0.39, 0.29) is 27.0 Å². The van der Waals surface area contributed by atoms with Gasteiger partial charge in [0, 0.05) is 5.41 Å². The molecule has 0 radical (unpaired) electrons. The van der Waals surface area contributed by atoms with Crippen molar-refractivity contribution < 1.29 is 31.0 Å². The minimum atomic E-state index is -4.37. The molecule has 1 aromatic heterocycles. The molecule has 0 saturated heterocycles. The third-order valence-corrected chi connectivity index (χ3v) is 6.06. The summed E-state index contributed by atoms with van der Waals surface area (Å²) in [5, 5.41) is 23.2. The van der Waals surface area contributed by atoms with E-state index < -0.39 is 25.7 Å². The maximum absolute atomic E-state index is 11.2. The van der Waals surface area contributed by atoms with E-state index in [0.717, 1.165) is 16.8 Å². The number of benzene rings is 2. The maximum atomic E-state index is 11.2. The monoisotopic (exact) mass is 480 g/mol. The molecule has 170 valence electrons. The van der Waals surface area contributed by atoms with Crippen LogP contribution in [-0.2, 0) is 25.7 Å². The van der Waals surface area contributed by atoms with E-state index in [2.05, 4.69) is 15.3 Å². The predicted octanol–water partition coefficient (Wildman–Crippen LogP) is 3.78. The number of nitrogens with zero attached hydrogens (tertiary/aromatic N) is 4. The summed E-state index contributed by atoms with van der Waals surface area (Å²) in [6, 6.07) is 10.0. The Bertz CT molecular complexity index is 1390. The quantitative estimate of drug-likeness (QED) is 0.365. The lowest BCUT2D eigenvalue weighted by Gasteiger charge is -2.15. The molecule has 0 fully saturated rings. The molecular weight excluding hydrogens is 460 g/mol. The van der Waals surface area contributed by atoms with E-state index >= 15 is 0 Å². The molecule has 11 nitrogen and oxygen atoms in total. The molecule has 3 N–H and O–H groups in total. The first kappa shape index (κ1) is 23.5. The van der Waals surface area contributed by atoms with Crippen LogP contribution in [0, 0.1) is 0 Å². The van der Waals surface area contributed by atoms with E-state index in [1.54, 1.807) is 0 Å². The third-order valence-electron chi connectivity index (χ3n) is 4.33. The molecule has 32 heavy (non-hydrogen) atoms. The molecular formula is C19H20N4O7S2. The highest BCUT2D eigenvalue weighted by Crippen LogP contribution is 2.40. The van der Waals surface area contributed by atoms with E-state index in [1.165, 1.54) is 36.4 Å². The molecule has 0 aliphatic rings. The highest BCUT2D eigenvalue weighted by atomic mass is 32.2. The van der Waals surface area contributed by atoms with Crippen molar-refractivity contribution in [1.82, 2.24) is 9.78 Å². The van der Waals surface area contributed by atoms with Crippen LogP contribution in [-0.4, -0.2) is 40.8 Å². The lowest BCUT2D eigenvalue weighted by molar-refractivity contribution is 0.434. The second-order valence-electron chi connectivity index (χ2n) is 7.82. The van der Waals surface area contributed by atoms with Gasteiger partial charge in [-0.2, -0.15) is 31.7 Å².